The van der Waals surface area contributed by atoms with Gasteiger partial charge in [0, 0.05) is 10.5 Å². The summed E-state index contributed by atoms with van der Waals surface area (Å²) < 4.78 is 38.8. The van der Waals surface area contributed by atoms with Gasteiger partial charge in [0.2, 0.25) is 0 Å². The predicted molar refractivity (Wildman–Crippen MR) is 66.5 cm³/mol. The van der Waals surface area contributed by atoms with E-state index in [0.29, 0.717) is 9.24 Å². The van der Waals surface area contributed by atoms with Crippen LogP contribution in [0.5, 0.6) is 0 Å². The fourth-order valence-corrected chi connectivity index (χ4v) is 2.86. The third-order valence-electron chi connectivity index (χ3n) is 2.13. The predicted octanol–water partition coefficient (Wildman–Crippen LogP) is 2.99. The van der Waals surface area contributed by atoms with Crippen molar-refractivity contribution in [3.8, 4) is 0 Å². The van der Waals surface area contributed by atoms with E-state index in [-0.39, 0.29) is 5.56 Å². The first-order valence-corrected chi connectivity index (χ1v) is 6.57. The molecule has 0 atom stereocenters. The standard InChI is InChI=1S/C10H7F3N4S2/c11-10(12,13)7-2-1-5(3-6(7)8(14)15)19-9-17-16-4-18-9/h1-4H,(H3,14,15). The molecule has 0 unspecified atom stereocenters. The molecule has 0 saturated heterocycles. The summed E-state index contributed by atoms with van der Waals surface area (Å²) in [4.78, 5) is 0.523. The van der Waals surface area contributed by atoms with Gasteiger partial charge in [-0.25, -0.2) is 0 Å². The Balaban J connectivity index is 2.39. The van der Waals surface area contributed by atoms with Gasteiger partial charge in [0.25, 0.3) is 0 Å². The molecule has 2 aromatic rings. The van der Waals surface area contributed by atoms with Crippen molar-refractivity contribution in [3.05, 3.63) is 34.8 Å². The van der Waals surface area contributed by atoms with Gasteiger partial charge in [-0.2, -0.15) is 13.2 Å². The Kier molecular flexibility index (Phi) is 3.76. The molecule has 1 aromatic carbocycles. The van der Waals surface area contributed by atoms with Crippen LogP contribution in [0.2, 0.25) is 0 Å². The maximum atomic E-state index is 12.7. The second-order valence-corrected chi connectivity index (χ2v) is 5.58. The molecule has 0 aliphatic rings. The highest BCUT2D eigenvalue weighted by atomic mass is 32.2. The molecule has 0 bridgehead atoms. The van der Waals surface area contributed by atoms with E-state index in [1.807, 2.05) is 0 Å². The van der Waals surface area contributed by atoms with E-state index in [4.69, 9.17) is 11.1 Å². The minimum absolute atomic E-state index is 0.331. The van der Waals surface area contributed by atoms with Gasteiger partial charge < -0.3 is 5.73 Å². The Morgan fingerprint density at radius 3 is 2.63 bits per heavy atom. The van der Waals surface area contributed by atoms with Crippen molar-refractivity contribution >= 4 is 28.9 Å². The van der Waals surface area contributed by atoms with Gasteiger partial charge in [0.05, 0.1) is 5.56 Å². The molecule has 3 N–H and O–H groups in total. The molecule has 2 rings (SSSR count). The van der Waals surface area contributed by atoms with Gasteiger partial charge in [-0.15, -0.1) is 10.2 Å². The Morgan fingerprint density at radius 1 is 1.37 bits per heavy atom. The fraction of sp³-hybridized carbons (Fsp3) is 0.100. The SMILES string of the molecule is N=C(N)c1cc(Sc2nncs2)ccc1C(F)(F)F. The largest absolute Gasteiger partial charge is 0.417 e. The van der Waals surface area contributed by atoms with Crippen LogP contribution in [0.4, 0.5) is 13.2 Å². The van der Waals surface area contributed by atoms with Gasteiger partial charge in [-0.3, -0.25) is 5.41 Å². The van der Waals surface area contributed by atoms with Gasteiger partial charge in [0.1, 0.15) is 11.3 Å². The summed E-state index contributed by atoms with van der Waals surface area (Å²) in [7, 11) is 0. The quantitative estimate of drug-likeness (QED) is 0.675. The average Bonchev–Trinajstić information content (AvgIpc) is 2.80. The molecule has 9 heteroatoms. The number of nitrogen functional groups attached to an aromatic ring is 1. The number of hydrogen-bond acceptors (Lipinski definition) is 5. The smallest absolute Gasteiger partial charge is 0.384 e. The van der Waals surface area contributed by atoms with E-state index in [0.717, 1.165) is 6.07 Å². The zero-order valence-corrected chi connectivity index (χ0v) is 10.9. The van der Waals surface area contributed by atoms with Crippen LogP contribution < -0.4 is 5.73 Å². The van der Waals surface area contributed by atoms with E-state index in [9.17, 15) is 13.2 Å². The van der Waals surface area contributed by atoms with E-state index in [1.54, 1.807) is 0 Å². The van der Waals surface area contributed by atoms with Crippen LogP contribution >= 0.6 is 23.1 Å². The number of alkyl halides is 3. The number of nitrogens with one attached hydrogen (secondary N) is 1. The van der Waals surface area contributed by atoms with Crippen molar-refractivity contribution in [3.63, 3.8) is 0 Å². The normalized spacial score (nSPS) is 11.5. The van der Waals surface area contributed by atoms with Gasteiger partial charge in [0.15, 0.2) is 4.34 Å². The Hall–Kier alpha value is -1.61. The number of amidine groups is 1. The number of nitrogens with two attached hydrogens (primary N) is 1. The number of nitrogens with zero attached hydrogens (tertiary/aromatic N) is 2. The molecule has 0 spiro atoms. The van der Waals surface area contributed by atoms with Crippen LogP contribution in [0, 0.1) is 5.41 Å². The molecule has 19 heavy (non-hydrogen) atoms. The maximum Gasteiger partial charge on any atom is 0.417 e. The van der Waals surface area contributed by atoms with Crippen LogP contribution in [-0.4, -0.2) is 16.0 Å². The monoisotopic (exact) mass is 304 g/mol. The van der Waals surface area contributed by atoms with Crippen molar-refractivity contribution in [2.75, 3.05) is 0 Å². The first-order chi connectivity index (χ1) is 8.88. The number of rotatable bonds is 3. The number of aromatic nitrogens is 2. The van der Waals surface area contributed by atoms with Crippen LogP contribution in [0.15, 0.2) is 32.9 Å². The third kappa shape index (κ3) is 3.24. The van der Waals surface area contributed by atoms with Crippen molar-refractivity contribution in [1.29, 1.82) is 5.41 Å². The van der Waals surface area contributed by atoms with Crippen molar-refractivity contribution in [2.45, 2.75) is 15.4 Å². The highest BCUT2D eigenvalue weighted by Crippen LogP contribution is 2.35. The lowest BCUT2D eigenvalue weighted by Crippen LogP contribution is -2.18. The molecule has 1 aromatic heterocycles. The zero-order chi connectivity index (χ0) is 14.0. The molecule has 0 radical (unpaired) electrons. The van der Waals surface area contributed by atoms with Gasteiger partial charge in [-0.1, -0.05) is 23.1 Å². The molecule has 0 aliphatic carbocycles. The van der Waals surface area contributed by atoms with Crippen LogP contribution in [0.3, 0.4) is 0 Å². The van der Waals surface area contributed by atoms with Crippen LogP contribution in [-0.2, 0) is 6.18 Å². The number of halogens is 3. The second kappa shape index (κ2) is 5.17. The lowest BCUT2D eigenvalue weighted by atomic mass is 10.1. The fourth-order valence-electron chi connectivity index (χ4n) is 1.37. The van der Waals surface area contributed by atoms with E-state index < -0.39 is 17.6 Å². The summed E-state index contributed by atoms with van der Waals surface area (Å²) in [6, 6.07) is 3.47. The summed E-state index contributed by atoms with van der Waals surface area (Å²) >= 11 is 2.45. The van der Waals surface area contributed by atoms with Crippen molar-refractivity contribution < 1.29 is 13.2 Å². The Bertz CT molecular complexity index is 595. The summed E-state index contributed by atoms with van der Waals surface area (Å²) in [6.07, 6.45) is -4.53. The Labute approximate surface area is 114 Å². The molecule has 0 amide bonds. The van der Waals surface area contributed by atoms with Gasteiger partial charge in [-0.05, 0) is 18.2 Å². The highest BCUT2D eigenvalue weighted by molar-refractivity contribution is 8.01. The molecule has 0 fully saturated rings. The third-order valence-corrected chi connectivity index (χ3v) is 3.90. The number of hydrogen-bond donors (Lipinski definition) is 2. The topological polar surface area (TPSA) is 75.7 Å². The molecule has 100 valence electrons. The molecular weight excluding hydrogens is 297 g/mol. The minimum Gasteiger partial charge on any atom is -0.384 e. The first kappa shape index (κ1) is 13.8. The van der Waals surface area contributed by atoms with E-state index >= 15 is 0 Å². The summed E-state index contributed by atoms with van der Waals surface area (Å²) in [5.74, 6) is -0.618. The number of benzene rings is 1. The van der Waals surface area contributed by atoms with Crippen molar-refractivity contribution in [2.24, 2.45) is 5.73 Å². The average molecular weight is 304 g/mol. The lowest BCUT2D eigenvalue weighted by Gasteiger charge is -2.12. The first-order valence-electron chi connectivity index (χ1n) is 4.87. The molecule has 0 saturated carbocycles. The minimum atomic E-state index is -4.53. The van der Waals surface area contributed by atoms with E-state index in [2.05, 4.69) is 10.2 Å². The Morgan fingerprint density at radius 2 is 2.11 bits per heavy atom. The summed E-state index contributed by atoms with van der Waals surface area (Å²) in [5, 5.41) is 14.7. The molecule has 1 heterocycles. The summed E-state index contributed by atoms with van der Waals surface area (Å²) in [5.41, 5.74) is 5.48. The summed E-state index contributed by atoms with van der Waals surface area (Å²) in [6.45, 7) is 0. The van der Waals surface area contributed by atoms with Crippen molar-refractivity contribution in [1.82, 2.24) is 10.2 Å². The lowest BCUT2D eigenvalue weighted by molar-refractivity contribution is -0.137. The van der Waals surface area contributed by atoms with Gasteiger partial charge >= 0.3 is 6.18 Å². The zero-order valence-electron chi connectivity index (χ0n) is 9.23. The maximum absolute atomic E-state index is 12.7. The van der Waals surface area contributed by atoms with Crippen LogP contribution in [0.25, 0.3) is 0 Å². The second-order valence-electron chi connectivity index (χ2n) is 3.43. The molecular formula is C10H7F3N4S2. The van der Waals surface area contributed by atoms with E-state index in [1.165, 1.54) is 40.7 Å². The molecule has 4 nitrogen and oxygen atoms in total. The highest BCUT2D eigenvalue weighted by Gasteiger charge is 2.34. The molecule has 0 aliphatic heterocycles. The van der Waals surface area contributed by atoms with Crippen LogP contribution in [0.1, 0.15) is 11.1 Å².